The molecule has 2 amide bonds. The molecule has 0 N–H and O–H groups in total. The van der Waals surface area contributed by atoms with Crippen LogP contribution in [-0.2, 0) is 9.47 Å². The van der Waals surface area contributed by atoms with Gasteiger partial charge in [-0.1, -0.05) is 12.1 Å². The zero-order valence-corrected chi connectivity index (χ0v) is 9.71. The van der Waals surface area contributed by atoms with E-state index in [-0.39, 0.29) is 6.61 Å². The second kappa shape index (κ2) is 4.87. The maximum Gasteiger partial charge on any atom is 0.510 e. The molecule has 18 heavy (non-hydrogen) atoms. The van der Waals surface area contributed by atoms with Crippen LogP contribution in [0.3, 0.4) is 0 Å². The minimum Gasteiger partial charge on any atom is -0.435 e. The van der Waals surface area contributed by atoms with E-state index in [1.54, 1.807) is 31.2 Å². The molecule has 1 aliphatic rings. The third-order valence-electron chi connectivity index (χ3n) is 2.45. The van der Waals surface area contributed by atoms with Gasteiger partial charge in [0.05, 0.1) is 17.7 Å². The first-order valence-electron chi connectivity index (χ1n) is 5.40. The molecule has 2 rings (SSSR count). The van der Waals surface area contributed by atoms with Crippen LogP contribution in [0.4, 0.5) is 4.79 Å². The Morgan fingerprint density at radius 1 is 1.11 bits per heavy atom. The summed E-state index contributed by atoms with van der Waals surface area (Å²) < 4.78 is 9.20. The van der Waals surface area contributed by atoms with Crippen molar-refractivity contribution < 1.29 is 23.9 Å². The van der Waals surface area contributed by atoms with E-state index in [1.165, 1.54) is 0 Å². The molecule has 1 aliphatic heterocycles. The number of hydrogen-bond donors (Lipinski definition) is 0. The first-order chi connectivity index (χ1) is 8.65. The van der Waals surface area contributed by atoms with Gasteiger partial charge in [-0.2, -0.15) is 0 Å². The number of fused-ring (bicyclic) bond motifs is 1. The summed E-state index contributed by atoms with van der Waals surface area (Å²) in [6.07, 6.45) is -0.908. The molecular weight excluding hydrogens is 238 g/mol. The lowest BCUT2D eigenvalue weighted by Crippen LogP contribution is -2.33. The smallest absolute Gasteiger partial charge is 0.435 e. The minimum absolute atomic E-state index is 0.168. The highest BCUT2D eigenvalue weighted by Crippen LogP contribution is 2.22. The van der Waals surface area contributed by atoms with Crippen molar-refractivity contribution in [3.63, 3.8) is 0 Å². The van der Waals surface area contributed by atoms with Crippen molar-refractivity contribution in [2.24, 2.45) is 0 Å². The van der Waals surface area contributed by atoms with Crippen LogP contribution in [0.1, 0.15) is 27.6 Å². The number of nitrogens with zero attached hydrogens (tertiary/aromatic N) is 1. The van der Waals surface area contributed by atoms with E-state index in [4.69, 9.17) is 0 Å². The number of carbonyl (C=O) groups excluding carboxylic acids is 3. The molecule has 94 valence electrons. The number of benzene rings is 1. The molecule has 6 nitrogen and oxygen atoms in total. The Balaban J connectivity index is 2.07. The van der Waals surface area contributed by atoms with Crippen LogP contribution in [0.5, 0.6) is 0 Å². The molecule has 1 aromatic rings. The highest BCUT2D eigenvalue weighted by molar-refractivity contribution is 6.21. The van der Waals surface area contributed by atoms with E-state index in [0.717, 1.165) is 4.90 Å². The molecule has 0 spiro atoms. The lowest BCUT2D eigenvalue weighted by molar-refractivity contribution is 0.0185. The van der Waals surface area contributed by atoms with Gasteiger partial charge in [0, 0.05) is 0 Å². The lowest BCUT2D eigenvalue weighted by Gasteiger charge is -2.13. The van der Waals surface area contributed by atoms with Gasteiger partial charge < -0.3 is 9.47 Å². The van der Waals surface area contributed by atoms with Crippen LogP contribution in [0, 0.1) is 0 Å². The topological polar surface area (TPSA) is 72.9 Å². The van der Waals surface area contributed by atoms with Crippen LogP contribution in [0.25, 0.3) is 0 Å². The summed E-state index contributed by atoms with van der Waals surface area (Å²) in [4.78, 5) is 35.6. The first kappa shape index (κ1) is 12.1. The molecule has 1 heterocycles. The molecule has 1 aromatic carbocycles. The summed E-state index contributed by atoms with van der Waals surface area (Å²) in [6, 6.07) is 6.44. The van der Waals surface area contributed by atoms with E-state index >= 15 is 0 Å². The Morgan fingerprint density at radius 3 is 2.17 bits per heavy atom. The number of imide groups is 1. The van der Waals surface area contributed by atoms with E-state index in [9.17, 15) is 14.4 Å². The van der Waals surface area contributed by atoms with Crippen LogP contribution in [0.15, 0.2) is 24.3 Å². The van der Waals surface area contributed by atoms with E-state index < -0.39 is 24.7 Å². The van der Waals surface area contributed by atoms with Crippen molar-refractivity contribution in [1.29, 1.82) is 0 Å². The summed E-state index contributed by atoms with van der Waals surface area (Å²) in [6.45, 7) is 1.36. The molecular formula is C12H11NO5. The molecule has 6 heteroatoms. The Bertz CT molecular complexity index is 476. The fourth-order valence-corrected chi connectivity index (χ4v) is 1.63. The third-order valence-corrected chi connectivity index (χ3v) is 2.45. The fourth-order valence-electron chi connectivity index (χ4n) is 1.63. The standard InChI is InChI=1S/C12H11NO5/c1-2-17-12(16)18-7-13-10(14)8-5-3-4-6-9(8)11(13)15/h3-6H,2,7H2,1H3. The summed E-state index contributed by atoms with van der Waals surface area (Å²) in [5.74, 6) is -0.945. The number of rotatable bonds is 3. The van der Waals surface area contributed by atoms with Crippen molar-refractivity contribution >= 4 is 18.0 Å². The maximum atomic E-state index is 11.9. The number of amides is 2. The number of ether oxygens (including phenoxy) is 2. The van der Waals surface area contributed by atoms with Crippen molar-refractivity contribution in [2.45, 2.75) is 6.92 Å². The van der Waals surface area contributed by atoms with Crippen molar-refractivity contribution in [2.75, 3.05) is 13.3 Å². The molecule has 0 aromatic heterocycles. The van der Waals surface area contributed by atoms with Gasteiger partial charge in [-0.05, 0) is 19.1 Å². The number of hydrogen-bond acceptors (Lipinski definition) is 5. The summed E-state index contributed by atoms with van der Waals surface area (Å²) >= 11 is 0. The normalized spacial score (nSPS) is 13.5. The zero-order valence-electron chi connectivity index (χ0n) is 9.71. The molecule has 0 bridgehead atoms. The van der Waals surface area contributed by atoms with Gasteiger partial charge in [-0.3, -0.25) is 9.59 Å². The molecule has 0 aliphatic carbocycles. The average molecular weight is 249 g/mol. The summed E-state index contributed by atoms with van der Waals surface area (Å²) in [5, 5.41) is 0. The SMILES string of the molecule is CCOC(=O)OCN1C(=O)c2ccccc2C1=O. The van der Waals surface area contributed by atoms with E-state index in [1.807, 2.05) is 0 Å². The summed E-state index contributed by atoms with van der Waals surface area (Å²) in [7, 11) is 0. The molecule has 0 radical (unpaired) electrons. The van der Waals surface area contributed by atoms with Crippen LogP contribution >= 0.6 is 0 Å². The largest absolute Gasteiger partial charge is 0.510 e. The van der Waals surface area contributed by atoms with Gasteiger partial charge in [0.15, 0.2) is 6.73 Å². The Labute approximate surface area is 103 Å². The second-order valence-corrected chi connectivity index (χ2v) is 3.54. The van der Waals surface area contributed by atoms with Gasteiger partial charge in [-0.25, -0.2) is 9.69 Å². The second-order valence-electron chi connectivity index (χ2n) is 3.54. The van der Waals surface area contributed by atoms with E-state index in [0.29, 0.717) is 11.1 Å². The maximum absolute atomic E-state index is 11.9. The van der Waals surface area contributed by atoms with Gasteiger partial charge in [0.2, 0.25) is 0 Å². The van der Waals surface area contributed by atoms with Gasteiger partial charge in [0.25, 0.3) is 11.8 Å². The Morgan fingerprint density at radius 2 is 1.67 bits per heavy atom. The fraction of sp³-hybridized carbons (Fsp3) is 0.250. The Kier molecular flexibility index (Phi) is 3.27. The molecule has 0 atom stereocenters. The van der Waals surface area contributed by atoms with E-state index in [2.05, 4.69) is 9.47 Å². The van der Waals surface area contributed by atoms with Gasteiger partial charge >= 0.3 is 6.16 Å². The minimum atomic E-state index is -0.908. The highest BCUT2D eigenvalue weighted by Gasteiger charge is 2.35. The zero-order chi connectivity index (χ0) is 13.1. The quantitative estimate of drug-likeness (QED) is 0.598. The predicted octanol–water partition coefficient (Wildman–Crippen LogP) is 1.41. The molecule has 0 saturated heterocycles. The van der Waals surface area contributed by atoms with Gasteiger partial charge in [0.1, 0.15) is 0 Å². The monoisotopic (exact) mass is 249 g/mol. The molecule has 0 saturated carbocycles. The Hall–Kier alpha value is -2.37. The first-order valence-corrected chi connectivity index (χ1v) is 5.40. The van der Waals surface area contributed by atoms with Crippen molar-refractivity contribution in [3.05, 3.63) is 35.4 Å². The highest BCUT2D eigenvalue weighted by atomic mass is 16.7. The predicted molar refractivity (Wildman–Crippen MR) is 59.9 cm³/mol. The third kappa shape index (κ3) is 2.04. The van der Waals surface area contributed by atoms with Gasteiger partial charge in [-0.15, -0.1) is 0 Å². The summed E-state index contributed by atoms with van der Waals surface area (Å²) in [5.41, 5.74) is 0.630. The average Bonchev–Trinajstić information content (AvgIpc) is 2.61. The van der Waals surface area contributed by atoms with Crippen molar-refractivity contribution in [3.8, 4) is 0 Å². The van der Waals surface area contributed by atoms with Crippen LogP contribution in [0.2, 0.25) is 0 Å². The van der Waals surface area contributed by atoms with Crippen LogP contribution in [-0.4, -0.2) is 36.2 Å². The molecule has 0 unspecified atom stereocenters. The van der Waals surface area contributed by atoms with Crippen LogP contribution < -0.4 is 0 Å². The number of carbonyl (C=O) groups is 3. The molecule has 0 fully saturated rings. The lowest BCUT2D eigenvalue weighted by atomic mass is 10.1. The van der Waals surface area contributed by atoms with Crippen molar-refractivity contribution in [1.82, 2.24) is 4.90 Å².